The molecule has 0 aliphatic carbocycles. The average molecular weight is 853 g/mol. The van der Waals surface area contributed by atoms with Gasteiger partial charge in [-0.3, -0.25) is 0 Å². The number of hydrogen-bond donors (Lipinski definition) is 1. The van der Waals surface area contributed by atoms with E-state index in [9.17, 15) is 16.8 Å². The lowest BCUT2D eigenvalue weighted by molar-refractivity contribution is 0.587. The van der Waals surface area contributed by atoms with E-state index in [1.165, 1.54) is 12.5 Å². The molecule has 0 amide bonds. The fourth-order valence-corrected chi connectivity index (χ4v) is 6.98. The Morgan fingerprint density at radius 1 is 0.636 bits per heavy atom. The second-order valence-corrected chi connectivity index (χ2v) is 17.7. The van der Waals surface area contributed by atoms with Crippen LogP contribution < -0.4 is 5.73 Å². The Morgan fingerprint density at radius 2 is 1.05 bits per heavy atom. The van der Waals surface area contributed by atoms with Gasteiger partial charge in [0.05, 0.1) is 45.0 Å². The number of nitrogens with two attached hydrogens (primary N) is 1. The monoisotopic (exact) mass is 851 g/mol. The number of aromatic nitrogens is 8. The Bertz CT molecular complexity index is 2380. The number of nitrogen functional groups attached to an aromatic ring is 1. The van der Waals surface area contributed by atoms with Crippen molar-refractivity contribution in [2.24, 2.45) is 0 Å². The number of rotatable bonds is 8. The molecule has 6 aromatic rings. The van der Waals surface area contributed by atoms with Crippen LogP contribution >= 0.6 is 15.9 Å². The second-order valence-electron chi connectivity index (χ2n) is 12.8. The summed E-state index contributed by atoms with van der Waals surface area (Å²) in [6.45, 7) is 16.4. The molecular weight excluding hydrogens is 803 g/mol. The number of nitrogens with zero attached hydrogens (tertiary/aromatic N) is 8. The maximum atomic E-state index is 11.6. The molecule has 6 rings (SSSR count). The molecule has 0 saturated heterocycles. The molecule has 0 spiro atoms. The van der Waals surface area contributed by atoms with E-state index in [4.69, 9.17) is 5.73 Å². The second kappa shape index (κ2) is 19.7. The van der Waals surface area contributed by atoms with Crippen molar-refractivity contribution in [3.05, 3.63) is 113 Å². The molecule has 0 bridgehead atoms. The Hall–Kier alpha value is -4.80. The highest BCUT2D eigenvalue weighted by molar-refractivity contribution is 9.10. The Kier molecular flexibility index (Phi) is 16.0. The van der Waals surface area contributed by atoms with Gasteiger partial charge in [0.15, 0.2) is 19.7 Å². The van der Waals surface area contributed by atoms with E-state index in [2.05, 4.69) is 82.7 Å². The van der Waals surface area contributed by atoms with Crippen molar-refractivity contribution in [3.63, 3.8) is 0 Å². The predicted molar refractivity (Wildman–Crippen MR) is 222 cm³/mol. The van der Waals surface area contributed by atoms with Crippen LogP contribution in [0.15, 0.2) is 99.7 Å². The van der Waals surface area contributed by atoms with Crippen molar-refractivity contribution in [2.75, 3.05) is 18.2 Å². The summed E-state index contributed by atoms with van der Waals surface area (Å²) in [6, 6.07) is 17.7. The van der Waals surface area contributed by atoms with Gasteiger partial charge in [0.25, 0.3) is 0 Å². The number of halogens is 1. The van der Waals surface area contributed by atoms with Gasteiger partial charge in [-0.15, -0.1) is 0 Å². The zero-order chi connectivity index (χ0) is 41.1. The van der Waals surface area contributed by atoms with Gasteiger partial charge in [-0.25, -0.2) is 46.7 Å². The molecule has 13 nitrogen and oxygen atoms in total. The summed E-state index contributed by atoms with van der Waals surface area (Å²) in [4.78, 5) is 26.5. The lowest BCUT2D eigenvalue weighted by Gasteiger charge is -2.14. The third kappa shape index (κ3) is 12.6. The van der Waals surface area contributed by atoms with Crippen molar-refractivity contribution >= 4 is 41.6 Å². The van der Waals surface area contributed by atoms with Crippen LogP contribution in [-0.4, -0.2) is 68.4 Å². The normalized spacial score (nSPS) is 11.2. The number of sulfone groups is 2. The van der Waals surface area contributed by atoms with Crippen molar-refractivity contribution in [3.8, 4) is 22.8 Å². The topological polar surface area (TPSA) is 182 Å². The Labute approximate surface area is 333 Å². The molecule has 0 radical (unpaired) electrons. The highest BCUT2D eigenvalue weighted by Crippen LogP contribution is 2.24. The highest BCUT2D eigenvalue weighted by Gasteiger charge is 2.15. The first kappa shape index (κ1) is 44.6. The molecule has 0 fully saturated rings. The third-order valence-electron chi connectivity index (χ3n) is 7.86. The number of aryl methyl sites for hydroxylation is 2. The quantitative estimate of drug-likeness (QED) is 0.157. The highest BCUT2D eigenvalue weighted by atomic mass is 79.9. The number of anilines is 1. The van der Waals surface area contributed by atoms with Crippen molar-refractivity contribution in [1.29, 1.82) is 0 Å². The molecular formula is C39H50BrN9O4S2. The average Bonchev–Trinajstić information content (AvgIpc) is 3.72. The first-order valence-electron chi connectivity index (χ1n) is 17.6. The fraction of sp³-hybridized carbons (Fsp3) is 0.333. The van der Waals surface area contributed by atoms with Gasteiger partial charge in [-0.05, 0) is 95.6 Å². The molecule has 2 N–H and O–H groups in total. The number of imidazole rings is 2. The summed E-state index contributed by atoms with van der Waals surface area (Å²) in [5, 5.41) is 0. The molecule has 55 heavy (non-hydrogen) atoms. The lowest BCUT2D eigenvalue weighted by Crippen LogP contribution is -2.07. The Balaban J connectivity index is 0.000000238. The fourth-order valence-electron chi connectivity index (χ4n) is 5.45. The van der Waals surface area contributed by atoms with Crippen LogP contribution in [0.4, 0.5) is 5.95 Å². The summed E-state index contributed by atoms with van der Waals surface area (Å²) in [5.41, 5.74) is 10.1. The van der Waals surface area contributed by atoms with E-state index in [0.717, 1.165) is 44.5 Å². The van der Waals surface area contributed by atoms with Crippen molar-refractivity contribution in [1.82, 2.24) is 39.0 Å². The molecule has 4 heterocycles. The summed E-state index contributed by atoms with van der Waals surface area (Å²) < 4.78 is 50.1. The van der Waals surface area contributed by atoms with Crippen LogP contribution in [0, 0.1) is 13.8 Å². The van der Waals surface area contributed by atoms with Crippen LogP contribution in [0.3, 0.4) is 0 Å². The van der Waals surface area contributed by atoms with Crippen molar-refractivity contribution in [2.45, 2.75) is 83.7 Å². The zero-order valence-corrected chi connectivity index (χ0v) is 36.1. The van der Waals surface area contributed by atoms with Crippen LogP contribution in [0.2, 0.25) is 0 Å². The van der Waals surface area contributed by atoms with Gasteiger partial charge < -0.3 is 14.9 Å². The van der Waals surface area contributed by atoms with Gasteiger partial charge in [-0.1, -0.05) is 41.9 Å². The van der Waals surface area contributed by atoms with Gasteiger partial charge in [-0.2, -0.15) is 0 Å². The summed E-state index contributed by atoms with van der Waals surface area (Å²) in [6.07, 6.45) is 9.98. The molecule has 16 heteroatoms. The molecule has 0 atom stereocenters. The maximum absolute atomic E-state index is 11.6. The van der Waals surface area contributed by atoms with E-state index >= 15 is 0 Å². The SMILES string of the molecule is CC.CS(=O)(=O)c1ccc(Br)cc1.Cc1ncc(-c2ccnc(Cc3ccc(S(C)(=O)=O)cc3)n2)n1C(C)C.Cc1ncc(-c2ccnc(N)n2)n1C(C)C. The number of hydrogen-bond acceptors (Lipinski definition) is 11. The summed E-state index contributed by atoms with van der Waals surface area (Å²) >= 11 is 3.22. The Morgan fingerprint density at radius 3 is 1.47 bits per heavy atom. The minimum atomic E-state index is -3.19. The van der Waals surface area contributed by atoms with E-state index in [0.29, 0.717) is 28.1 Å². The third-order valence-corrected chi connectivity index (χ3v) is 10.6. The van der Waals surface area contributed by atoms with Gasteiger partial charge in [0, 0.05) is 47.9 Å². The molecule has 0 unspecified atom stereocenters. The molecule has 4 aromatic heterocycles. The lowest BCUT2D eigenvalue weighted by atomic mass is 10.1. The summed E-state index contributed by atoms with van der Waals surface area (Å²) in [7, 11) is -6.23. The van der Waals surface area contributed by atoms with E-state index in [1.807, 2.05) is 52.2 Å². The minimum Gasteiger partial charge on any atom is -0.368 e. The van der Waals surface area contributed by atoms with Gasteiger partial charge in [0.1, 0.15) is 17.5 Å². The van der Waals surface area contributed by atoms with Gasteiger partial charge in [0.2, 0.25) is 5.95 Å². The molecule has 0 aliphatic rings. The maximum Gasteiger partial charge on any atom is 0.220 e. The van der Waals surface area contributed by atoms with E-state index < -0.39 is 19.7 Å². The predicted octanol–water partition coefficient (Wildman–Crippen LogP) is 7.91. The molecule has 2 aromatic carbocycles. The van der Waals surface area contributed by atoms with E-state index in [-0.39, 0.29) is 12.0 Å². The largest absolute Gasteiger partial charge is 0.368 e. The van der Waals surface area contributed by atoms with Crippen LogP contribution in [0.5, 0.6) is 0 Å². The van der Waals surface area contributed by atoms with Crippen LogP contribution in [0.1, 0.15) is 76.7 Å². The molecule has 0 aliphatic heterocycles. The minimum absolute atomic E-state index is 0.284. The first-order chi connectivity index (χ1) is 25.8. The standard InChI is InChI=1S/C19H22N4O2S.C11H15N5.C7H7BrO2S.C2H6/c1-13(2)23-14(3)21-12-18(23)17-9-10-20-19(22-17)11-15-5-7-16(8-6-15)26(4,24)25;1-7(2)16-8(3)14-6-10(16)9-4-5-13-11(12)15-9;1-11(9,10)7-4-2-6(8)3-5-7;1-2/h5-10,12-13H,11H2,1-4H3;4-7H,1-3H3,(H2,12,13,15);2-5H,1H3;1-2H3. The number of benzene rings is 2. The van der Waals surface area contributed by atoms with Gasteiger partial charge >= 0.3 is 0 Å². The van der Waals surface area contributed by atoms with E-state index in [1.54, 1.807) is 60.9 Å². The van der Waals surface area contributed by atoms with Crippen LogP contribution in [0.25, 0.3) is 22.8 Å². The molecule has 0 saturated carbocycles. The summed E-state index contributed by atoms with van der Waals surface area (Å²) in [5.74, 6) is 2.89. The van der Waals surface area contributed by atoms with Crippen LogP contribution in [-0.2, 0) is 26.1 Å². The van der Waals surface area contributed by atoms with Crippen molar-refractivity contribution < 1.29 is 16.8 Å². The smallest absolute Gasteiger partial charge is 0.220 e. The molecule has 294 valence electrons. The zero-order valence-electron chi connectivity index (χ0n) is 32.9. The first-order valence-corrected chi connectivity index (χ1v) is 22.2.